The van der Waals surface area contributed by atoms with E-state index in [0.717, 1.165) is 0 Å². The standard InChI is InChI=1S/C13H22F3NO2S/c1-8(11(7-18)20-2)17-12(19)9-3-5-10(6-4-9)13(14,15)16/h8-11,18H,3-7H2,1-2H3,(H,17,19). The van der Waals surface area contributed by atoms with Crippen molar-refractivity contribution in [2.45, 2.75) is 50.1 Å². The van der Waals surface area contributed by atoms with Crippen molar-refractivity contribution in [2.24, 2.45) is 11.8 Å². The minimum absolute atomic E-state index is 0.0297. The summed E-state index contributed by atoms with van der Waals surface area (Å²) in [6, 6.07) is -0.192. The quantitative estimate of drug-likeness (QED) is 0.820. The first-order valence-electron chi connectivity index (χ1n) is 6.80. The molecule has 20 heavy (non-hydrogen) atoms. The maximum Gasteiger partial charge on any atom is 0.391 e. The Morgan fingerprint density at radius 3 is 2.30 bits per heavy atom. The third-order valence-corrected chi connectivity index (χ3v) is 5.13. The Hall–Kier alpha value is -0.430. The van der Waals surface area contributed by atoms with Gasteiger partial charge in [-0.05, 0) is 38.9 Å². The molecule has 2 N–H and O–H groups in total. The van der Waals surface area contributed by atoms with E-state index in [1.807, 2.05) is 6.26 Å². The molecule has 0 saturated heterocycles. The fraction of sp³-hybridized carbons (Fsp3) is 0.923. The highest BCUT2D eigenvalue weighted by Crippen LogP contribution is 2.39. The van der Waals surface area contributed by atoms with Gasteiger partial charge in [0.25, 0.3) is 0 Å². The van der Waals surface area contributed by atoms with Crippen molar-refractivity contribution in [1.29, 1.82) is 0 Å². The van der Waals surface area contributed by atoms with Gasteiger partial charge in [0.15, 0.2) is 0 Å². The summed E-state index contributed by atoms with van der Waals surface area (Å²) in [6.45, 7) is 1.76. The third kappa shape index (κ3) is 4.84. The van der Waals surface area contributed by atoms with E-state index in [1.54, 1.807) is 6.92 Å². The van der Waals surface area contributed by atoms with Crippen LogP contribution < -0.4 is 5.32 Å². The number of aliphatic hydroxyl groups excluding tert-OH is 1. The average Bonchev–Trinajstić information content (AvgIpc) is 2.39. The molecule has 1 fully saturated rings. The van der Waals surface area contributed by atoms with Crippen molar-refractivity contribution in [2.75, 3.05) is 12.9 Å². The molecule has 0 radical (unpaired) electrons. The number of halogens is 3. The molecule has 3 nitrogen and oxygen atoms in total. The predicted octanol–water partition coefficient (Wildman–Crippen LogP) is 2.58. The summed E-state index contributed by atoms with van der Waals surface area (Å²) in [6.07, 6.45) is -1.67. The number of aliphatic hydroxyl groups is 1. The normalized spacial score (nSPS) is 26.9. The molecule has 0 aromatic carbocycles. The molecule has 0 aromatic heterocycles. The SMILES string of the molecule is CSC(CO)C(C)NC(=O)C1CCC(C(F)(F)F)CC1. The molecule has 0 aliphatic heterocycles. The number of amides is 1. The molecule has 1 saturated carbocycles. The van der Waals surface area contributed by atoms with Gasteiger partial charge in [-0.15, -0.1) is 0 Å². The summed E-state index contributed by atoms with van der Waals surface area (Å²) >= 11 is 1.46. The summed E-state index contributed by atoms with van der Waals surface area (Å²) in [7, 11) is 0. The molecular weight excluding hydrogens is 291 g/mol. The van der Waals surface area contributed by atoms with Crippen LogP contribution in [0.15, 0.2) is 0 Å². The van der Waals surface area contributed by atoms with Crippen LogP contribution in [0.25, 0.3) is 0 Å². The Bertz CT molecular complexity index is 313. The number of carbonyl (C=O) groups excluding carboxylic acids is 1. The van der Waals surface area contributed by atoms with Crippen LogP contribution in [-0.2, 0) is 4.79 Å². The van der Waals surface area contributed by atoms with Gasteiger partial charge in [0.05, 0.1) is 12.5 Å². The highest BCUT2D eigenvalue weighted by molar-refractivity contribution is 7.99. The van der Waals surface area contributed by atoms with E-state index < -0.39 is 12.1 Å². The molecule has 1 aliphatic rings. The van der Waals surface area contributed by atoms with Gasteiger partial charge >= 0.3 is 6.18 Å². The zero-order valence-corrected chi connectivity index (χ0v) is 12.6. The number of hydrogen-bond acceptors (Lipinski definition) is 3. The van der Waals surface area contributed by atoms with Crippen LogP contribution >= 0.6 is 11.8 Å². The number of nitrogens with one attached hydrogen (secondary N) is 1. The Labute approximate surface area is 121 Å². The lowest BCUT2D eigenvalue weighted by molar-refractivity contribution is -0.184. The van der Waals surface area contributed by atoms with Gasteiger partial charge in [0, 0.05) is 17.2 Å². The van der Waals surface area contributed by atoms with Crippen molar-refractivity contribution in [1.82, 2.24) is 5.32 Å². The number of rotatable bonds is 5. The molecule has 0 bridgehead atoms. The molecule has 1 rings (SSSR count). The zero-order valence-electron chi connectivity index (χ0n) is 11.7. The highest BCUT2D eigenvalue weighted by atomic mass is 32.2. The summed E-state index contributed by atoms with van der Waals surface area (Å²) in [5.41, 5.74) is 0. The number of alkyl halides is 3. The summed E-state index contributed by atoms with van der Waals surface area (Å²) in [5, 5.41) is 11.9. The zero-order chi connectivity index (χ0) is 15.3. The first-order chi connectivity index (χ1) is 9.29. The van der Waals surface area contributed by atoms with E-state index in [2.05, 4.69) is 5.32 Å². The Balaban J connectivity index is 2.43. The number of hydrogen-bond donors (Lipinski definition) is 2. The fourth-order valence-electron chi connectivity index (χ4n) is 2.55. The third-order valence-electron chi connectivity index (χ3n) is 3.97. The predicted molar refractivity (Wildman–Crippen MR) is 73.5 cm³/mol. The van der Waals surface area contributed by atoms with E-state index in [1.165, 1.54) is 11.8 Å². The maximum absolute atomic E-state index is 12.5. The van der Waals surface area contributed by atoms with Crippen molar-refractivity contribution in [3.8, 4) is 0 Å². The van der Waals surface area contributed by atoms with Gasteiger partial charge in [-0.1, -0.05) is 0 Å². The second kappa shape index (κ2) is 7.54. The lowest BCUT2D eigenvalue weighted by atomic mass is 9.81. The summed E-state index contributed by atoms with van der Waals surface area (Å²) < 4.78 is 37.6. The second-order valence-electron chi connectivity index (χ2n) is 5.34. The van der Waals surface area contributed by atoms with Gasteiger partial charge in [-0.3, -0.25) is 4.79 Å². The van der Waals surface area contributed by atoms with Crippen LogP contribution in [-0.4, -0.2) is 41.3 Å². The minimum Gasteiger partial charge on any atom is -0.395 e. The summed E-state index contributed by atoms with van der Waals surface area (Å²) in [5.74, 6) is -1.79. The van der Waals surface area contributed by atoms with Crippen LogP contribution in [0.2, 0.25) is 0 Å². The van der Waals surface area contributed by atoms with Crippen LogP contribution in [0, 0.1) is 11.8 Å². The molecule has 1 aliphatic carbocycles. The monoisotopic (exact) mass is 313 g/mol. The first kappa shape index (κ1) is 17.6. The Morgan fingerprint density at radius 1 is 1.35 bits per heavy atom. The van der Waals surface area contributed by atoms with Crippen LogP contribution in [0.4, 0.5) is 13.2 Å². The summed E-state index contributed by atoms with van der Waals surface area (Å²) in [4.78, 5) is 12.0. The second-order valence-corrected chi connectivity index (χ2v) is 6.42. The molecule has 7 heteroatoms. The largest absolute Gasteiger partial charge is 0.395 e. The van der Waals surface area contributed by atoms with E-state index in [-0.39, 0.29) is 55.4 Å². The fourth-order valence-corrected chi connectivity index (χ4v) is 3.18. The molecule has 118 valence electrons. The first-order valence-corrected chi connectivity index (χ1v) is 8.09. The molecule has 2 atom stereocenters. The lowest BCUT2D eigenvalue weighted by Gasteiger charge is -2.30. The van der Waals surface area contributed by atoms with Crippen molar-refractivity contribution >= 4 is 17.7 Å². The topological polar surface area (TPSA) is 49.3 Å². The molecule has 1 amide bonds. The van der Waals surface area contributed by atoms with Crippen molar-refractivity contribution in [3.05, 3.63) is 0 Å². The van der Waals surface area contributed by atoms with Gasteiger partial charge in [-0.25, -0.2) is 0 Å². The van der Waals surface area contributed by atoms with Crippen molar-refractivity contribution < 1.29 is 23.1 Å². The maximum atomic E-state index is 12.5. The van der Waals surface area contributed by atoms with Crippen molar-refractivity contribution in [3.63, 3.8) is 0 Å². The minimum atomic E-state index is -4.14. The Kier molecular flexibility index (Phi) is 6.64. The van der Waals surface area contributed by atoms with Crippen LogP contribution in [0.5, 0.6) is 0 Å². The van der Waals surface area contributed by atoms with E-state index in [4.69, 9.17) is 5.11 Å². The van der Waals surface area contributed by atoms with Gasteiger partial charge < -0.3 is 10.4 Å². The molecule has 2 unspecified atom stereocenters. The lowest BCUT2D eigenvalue weighted by Crippen LogP contribution is -2.45. The highest BCUT2D eigenvalue weighted by Gasteiger charge is 2.42. The van der Waals surface area contributed by atoms with Gasteiger partial charge in [0.1, 0.15) is 0 Å². The van der Waals surface area contributed by atoms with Crippen LogP contribution in [0.1, 0.15) is 32.6 Å². The molecule has 0 aromatic rings. The molecular formula is C13H22F3NO2S. The average molecular weight is 313 g/mol. The number of carbonyl (C=O) groups is 1. The Morgan fingerprint density at radius 2 is 1.90 bits per heavy atom. The van der Waals surface area contributed by atoms with E-state index in [9.17, 15) is 18.0 Å². The van der Waals surface area contributed by atoms with Gasteiger partial charge in [-0.2, -0.15) is 24.9 Å². The molecule has 0 heterocycles. The van der Waals surface area contributed by atoms with Gasteiger partial charge in [0.2, 0.25) is 5.91 Å². The van der Waals surface area contributed by atoms with Crippen LogP contribution in [0.3, 0.4) is 0 Å². The van der Waals surface area contributed by atoms with E-state index >= 15 is 0 Å². The molecule has 0 spiro atoms. The van der Waals surface area contributed by atoms with E-state index in [0.29, 0.717) is 0 Å². The number of thioether (sulfide) groups is 1. The smallest absolute Gasteiger partial charge is 0.391 e.